The van der Waals surface area contributed by atoms with Crippen LogP contribution in [-0.4, -0.2) is 46.5 Å². The van der Waals surface area contributed by atoms with E-state index in [1.807, 2.05) is 54.3 Å². The third-order valence-corrected chi connectivity index (χ3v) is 4.86. The van der Waals surface area contributed by atoms with Gasteiger partial charge < -0.3 is 10.0 Å². The van der Waals surface area contributed by atoms with Crippen LogP contribution in [0.2, 0.25) is 0 Å². The van der Waals surface area contributed by atoms with E-state index in [-0.39, 0.29) is 11.9 Å². The molecule has 1 atom stereocenters. The van der Waals surface area contributed by atoms with Gasteiger partial charge in [0.1, 0.15) is 5.75 Å². The van der Waals surface area contributed by atoms with Crippen LogP contribution in [0.25, 0.3) is 0 Å². The summed E-state index contributed by atoms with van der Waals surface area (Å²) in [5.74, 6) is 0.539. The Hall–Kier alpha value is -2.33. The predicted molar refractivity (Wildman–Crippen MR) is 99.4 cm³/mol. The molecule has 1 amide bonds. The Morgan fingerprint density at radius 1 is 1.16 bits per heavy atom. The minimum atomic E-state index is 0.178. The third-order valence-electron chi connectivity index (χ3n) is 4.86. The van der Waals surface area contributed by atoms with Crippen LogP contribution in [0, 0.1) is 6.92 Å². The maximum Gasteiger partial charge on any atom is 0.227 e. The molecule has 0 unspecified atom stereocenters. The number of phenolic OH excluding ortho intramolecular Hbond substituents is 1. The Bertz CT molecular complexity index is 730. The van der Waals surface area contributed by atoms with E-state index >= 15 is 0 Å². The van der Waals surface area contributed by atoms with Crippen LogP contribution in [0.3, 0.4) is 0 Å². The van der Waals surface area contributed by atoms with Crippen LogP contribution in [-0.2, 0) is 17.8 Å². The standard InChI is InChI=1S/C21H26N2O2/c1-16-8-9-20(24)19(12-16)15-22-10-11-23(17(2)14-22)21(25)13-18-6-4-3-5-7-18/h3-9,12,17,24H,10-11,13-15H2,1-2H3/t17-/m0/s1. The molecule has 25 heavy (non-hydrogen) atoms. The Morgan fingerprint density at radius 3 is 2.64 bits per heavy atom. The van der Waals surface area contributed by atoms with E-state index in [2.05, 4.69) is 11.8 Å². The zero-order valence-electron chi connectivity index (χ0n) is 15.0. The van der Waals surface area contributed by atoms with Crippen LogP contribution < -0.4 is 0 Å². The Labute approximate surface area is 149 Å². The molecule has 3 rings (SSSR count). The molecule has 2 aromatic rings. The number of rotatable bonds is 4. The lowest BCUT2D eigenvalue weighted by atomic mass is 10.1. The number of amides is 1. The van der Waals surface area contributed by atoms with Crippen LogP contribution in [0.5, 0.6) is 5.75 Å². The van der Waals surface area contributed by atoms with Gasteiger partial charge in [-0.15, -0.1) is 0 Å². The molecule has 132 valence electrons. The molecular weight excluding hydrogens is 312 g/mol. The van der Waals surface area contributed by atoms with Crippen molar-refractivity contribution in [1.82, 2.24) is 9.80 Å². The summed E-state index contributed by atoms with van der Waals surface area (Å²) >= 11 is 0. The molecule has 4 nitrogen and oxygen atoms in total. The largest absolute Gasteiger partial charge is 0.508 e. The van der Waals surface area contributed by atoms with Crippen LogP contribution in [0.4, 0.5) is 0 Å². The number of aromatic hydroxyl groups is 1. The number of carbonyl (C=O) groups excluding carboxylic acids is 1. The van der Waals surface area contributed by atoms with Gasteiger partial charge in [0, 0.05) is 37.8 Å². The number of hydrogen-bond acceptors (Lipinski definition) is 3. The number of benzene rings is 2. The highest BCUT2D eigenvalue weighted by atomic mass is 16.3. The van der Waals surface area contributed by atoms with E-state index in [4.69, 9.17) is 0 Å². The lowest BCUT2D eigenvalue weighted by molar-refractivity contribution is -0.135. The van der Waals surface area contributed by atoms with Gasteiger partial charge in [0.25, 0.3) is 0 Å². The average molecular weight is 338 g/mol. The maximum atomic E-state index is 12.6. The highest BCUT2D eigenvalue weighted by Crippen LogP contribution is 2.22. The minimum Gasteiger partial charge on any atom is -0.508 e. The van der Waals surface area contributed by atoms with Crippen molar-refractivity contribution >= 4 is 5.91 Å². The summed E-state index contributed by atoms with van der Waals surface area (Å²) in [6, 6.07) is 15.8. The molecule has 4 heteroatoms. The molecule has 1 aliphatic heterocycles. The van der Waals surface area contributed by atoms with Crippen LogP contribution >= 0.6 is 0 Å². The van der Waals surface area contributed by atoms with E-state index < -0.39 is 0 Å². The van der Waals surface area contributed by atoms with Gasteiger partial charge >= 0.3 is 0 Å². The Balaban J connectivity index is 1.58. The maximum absolute atomic E-state index is 12.6. The molecule has 0 aromatic heterocycles. The fourth-order valence-corrected chi connectivity index (χ4v) is 3.50. The van der Waals surface area contributed by atoms with E-state index in [9.17, 15) is 9.90 Å². The van der Waals surface area contributed by atoms with Gasteiger partial charge in [-0.05, 0) is 25.5 Å². The van der Waals surface area contributed by atoms with Gasteiger partial charge in [-0.3, -0.25) is 9.69 Å². The van der Waals surface area contributed by atoms with Gasteiger partial charge in [-0.1, -0.05) is 48.0 Å². The fraction of sp³-hybridized carbons (Fsp3) is 0.381. The van der Waals surface area contributed by atoms with Crippen molar-refractivity contribution in [2.45, 2.75) is 32.9 Å². The zero-order chi connectivity index (χ0) is 17.8. The zero-order valence-corrected chi connectivity index (χ0v) is 15.0. The molecule has 0 saturated carbocycles. The van der Waals surface area contributed by atoms with Crippen LogP contribution in [0.1, 0.15) is 23.6 Å². The van der Waals surface area contributed by atoms with Gasteiger partial charge in [0.05, 0.1) is 6.42 Å². The molecule has 1 saturated heterocycles. The highest BCUT2D eigenvalue weighted by Gasteiger charge is 2.27. The van der Waals surface area contributed by atoms with Gasteiger partial charge in [-0.25, -0.2) is 0 Å². The molecule has 0 spiro atoms. The van der Waals surface area contributed by atoms with E-state index in [1.54, 1.807) is 6.07 Å². The number of piperazine rings is 1. The Kier molecular flexibility index (Phi) is 5.39. The summed E-state index contributed by atoms with van der Waals surface area (Å²) in [5, 5.41) is 10.0. The van der Waals surface area contributed by atoms with Crippen LogP contribution in [0.15, 0.2) is 48.5 Å². The van der Waals surface area contributed by atoms with Crippen molar-refractivity contribution in [3.8, 4) is 5.75 Å². The summed E-state index contributed by atoms with van der Waals surface area (Å²) < 4.78 is 0. The number of aryl methyl sites for hydroxylation is 1. The summed E-state index contributed by atoms with van der Waals surface area (Å²) in [7, 11) is 0. The normalized spacial score (nSPS) is 18.3. The molecule has 1 fully saturated rings. The van der Waals surface area contributed by atoms with Crippen molar-refractivity contribution < 1.29 is 9.90 Å². The first-order valence-corrected chi connectivity index (χ1v) is 8.87. The first kappa shape index (κ1) is 17.5. The number of phenols is 1. The molecular formula is C21H26N2O2. The van der Waals surface area contributed by atoms with E-state index in [0.29, 0.717) is 12.2 Å². The Morgan fingerprint density at radius 2 is 1.92 bits per heavy atom. The SMILES string of the molecule is Cc1ccc(O)c(CN2CCN(C(=O)Cc3ccccc3)[C@@H](C)C2)c1. The smallest absolute Gasteiger partial charge is 0.227 e. The lowest BCUT2D eigenvalue weighted by Crippen LogP contribution is -2.54. The summed E-state index contributed by atoms with van der Waals surface area (Å²) in [6.07, 6.45) is 0.462. The number of nitrogens with zero attached hydrogens (tertiary/aromatic N) is 2. The van der Waals surface area contributed by atoms with Crippen molar-refractivity contribution in [3.05, 3.63) is 65.2 Å². The van der Waals surface area contributed by atoms with Crippen molar-refractivity contribution in [2.75, 3.05) is 19.6 Å². The van der Waals surface area contributed by atoms with Gasteiger partial charge in [0.2, 0.25) is 5.91 Å². The summed E-state index contributed by atoms with van der Waals surface area (Å²) in [5.41, 5.74) is 3.17. The van der Waals surface area contributed by atoms with Gasteiger partial charge in [-0.2, -0.15) is 0 Å². The average Bonchev–Trinajstić information content (AvgIpc) is 2.59. The molecule has 0 bridgehead atoms. The molecule has 0 aliphatic carbocycles. The second-order valence-corrected chi connectivity index (χ2v) is 6.97. The minimum absolute atomic E-state index is 0.178. The fourth-order valence-electron chi connectivity index (χ4n) is 3.50. The van der Waals surface area contributed by atoms with Crippen molar-refractivity contribution in [2.24, 2.45) is 0 Å². The molecule has 2 aromatic carbocycles. The quantitative estimate of drug-likeness (QED) is 0.932. The third kappa shape index (κ3) is 4.40. The molecule has 1 aliphatic rings. The predicted octanol–water partition coefficient (Wildman–Crippen LogP) is 2.98. The topological polar surface area (TPSA) is 43.8 Å². The van der Waals surface area contributed by atoms with Gasteiger partial charge in [0.15, 0.2) is 0 Å². The van der Waals surface area contributed by atoms with E-state index in [0.717, 1.165) is 42.9 Å². The monoisotopic (exact) mass is 338 g/mol. The summed E-state index contributed by atoms with van der Waals surface area (Å²) in [4.78, 5) is 16.9. The first-order valence-electron chi connectivity index (χ1n) is 8.87. The number of carbonyl (C=O) groups is 1. The molecule has 1 heterocycles. The van der Waals surface area contributed by atoms with Crippen molar-refractivity contribution in [1.29, 1.82) is 0 Å². The lowest BCUT2D eigenvalue weighted by Gasteiger charge is -2.40. The summed E-state index contributed by atoms with van der Waals surface area (Å²) in [6.45, 7) is 7.25. The highest BCUT2D eigenvalue weighted by molar-refractivity contribution is 5.79. The number of hydrogen-bond donors (Lipinski definition) is 1. The molecule has 0 radical (unpaired) electrons. The molecule has 1 N–H and O–H groups in total. The second kappa shape index (κ2) is 7.70. The van der Waals surface area contributed by atoms with E-state index in [1.165, 1.54) is 0 Å². The first-order chi connectivity index (χ1) is 12.0. The van der Waals surface area contributed by atoms with Crippen molar-refractivity contribution in [3.63, 3.8) is 0 Å². The second-order valence-electron chi connectivity index (χ2n) is 6.97.